The largest absolute Gasteiger partial charge is 0.336 e. The molecule has 0 aliphatic heterocycles. The molecule has 3 aromatic rings. The predicted molar refractivity (Wildman–Crippen MR) is 87.2 cm³/mol. The fraction of sp³-hybridized carbons (Fsp3) is 0.105. The van der Waals surface area contributed by atoms with E-state index in [1.165, 1.54) is 16.5 Å². The number of benzene rings is 2. The van der Waals surface area contributed by atoms with E-state index in [0.717, 1.165) is 12.2 Å². The summed E-state index contributed by atoms with van der Waals surface area (Å²) in [4.78, 5) is 11.2. The first-order valence-corrected chi connectivity index (χ1v) is 7.05. The van der Waals surface area contributed by atoms with Gasteiger partial charge in [-0.25, -0.2) is 0 Å². The Balaban J connectivity index is 2.09. The van der Waals surface area contributed by atoms with Gasteiger partial charge in [0.25, 0.3) is 0 Å². The third-order valence-corrected chi connectivity index (χ3v) is 3.51. The highest BCUT2D eigenvalue weighted by Crippen LogP contribution is 2.22. The molecular weight excluding hydrogens is 258 g/mol. The van der Waals surface area contributed by atoms with E-state index >= 15 is 0 Å². The van der Waals surface area contributed by atoms with Crippen molar-refractivity contribution in [2.45, 2.75) is 13.5 Å². The molecule has 0 aliphatic rings. The molecule has 1 heterocycles. The molecule has 2 nitrogen and oxygen atoms in total. The van der Waals surface area contributed by atoms with Crippen molar-refractivity contribution >= 4 is 22.8 Å². The lowest BCUT2D eigenvalue weighted by atomic mass is 10.2. The molecule has 0 saturated carbocycles. The first-order chi connectivity index (χ1) is 10.2. The SMILES string of the molecule is CC(=O)/C=C/c1cc2ccccc2n1Cc1ccccc1. The van der Waals surface area contributed by atoms with Gasteiger partial charge >= 0.3 is 0 Å². The van der Waals surface area contributed by atoms with Gasteiger partial charge in [0.15, 0.2) is 5.78 Å². The third kappa shape index (κ3) is 2.95. The summed E-state index contributed by atoms with van der Waals surface area (Å²) in [6.07, 6.45) is 3.51. The van der Waals surface area contributed by atoms with Gasteiger partial charge in [-0.1, -0.05) is 48.5 Å². The first-order valence-electron chi connectivity index (χ1n) is 7.05. The minimum Gasteiger partial charge on any atom is -0.336 e. The van der Waals surface area contributed by atoms with Crippen LogP contribution in [0.4, 0.5) is 0 Å². The molecule has 0 atom stereocenters. The van der Waals surface area contributed by atoms with E-state index < -0.39 is 0 Å². The Hall–Kier alpha value is -2.61. The van der Waals surface area contributed by atoms with Gasteiger partial charge in [0.05, 0.1) is 0 Å². The van der Waals surface area contributed by atoms with E-state index in [1.807, 2.05) is 36.4 Å². The van der Waals surface area contributed by atoms with E-state index in [-0.39, 0.29) is 5.78 Å². The lowest BCUT2D eigenvalue weighted by Gasteiger charge is -2.08. The maximum atomic E-state index is 11.2. The molecule has 0 aliphatic carbocycles. The van der Waals surface area contributed by atoms with Crippen molar-refractivity contribution in [3.63, 3.8) is 0 Å². The van der Waals surface area contributed by atoms with E-state index in [0.29, 0.717) is 0 Å². The molecule has 2 aromatic carbocycles. The highest BCUT2D eigenvalue weighted by molar-refractivity contribution is 5.92. The van der Waals surface area contributed by atoms with Crippen LogP contribution in [0.2, 0.25) is 0 Å². The molecule has 0 amide bonds. The molecule has 0 bridgehead atoms. The van der Waals surface area contributed by atoms with Crippen molar-refractivity contribution in [2.24, 2.45) is 0 Å². The maximum absolute atomic E-state index is 11.2. The van der Waals surface area contributed by atoms with Gasteiger partial charge in [-0.05, 0) is 36.8 Å². The number of hydrogen-bond donors (Lipinski definition) is 0. The Bertz CT molecular complexity index is 797. The Morgan fingerprint density at radius 2 is 1.76 bits per heavy atom. The lowest BCUT2D eigenvalue weighted by Crippen LogP contribution is -2.01. The second-order valence-corrected chi connectivity index (χ2v) is 5.14. The average molecular weight is 275 g/mol. The molecule has 3 rings (SSSR count). The molecule has 0 fully saturated rings. The Labute approximate surface area is 124 Å². The zero-order valence-electron chi connectivity index (χ0n) is 12.0. The number of carbonyl (C=O) groups is 1. The molecule has 104 valence electrons. The van der Waals surface area contributed by atoms with Crippen LogP contribution in [-0.4, -0.2) is 10.4 Å². The molecule has 1 aromatic heterocycles. The monoisotopic (exact) mass is 275 g/mol. The van der Waals surface area contributed by atoms with Crippen molar-refractivity contribution in [3.8, 4) is 0 Å². The van der Waals surface area contributed by atoms with Crippen molar-refractivity contribution < 1.29 is 4.79 Å². The molecule has 0 N–H and O–H groups in total. The molecule has 21 heavy (non-hydrogen) atoms. The van der Waals surface area contributed by atoms with Crippen LogP contribution in [0.15, 0.2) is 66.7 Å². The van der Waals surface area contributed by atoms with Gasteiger partial charge in [0, 0.05) is 23.1 Å². The summed E-state index contributed by atoms with van der Waals surface area (Å²) in [5, 5.41) is 1.19. The number of para-hydroxylation sites is 1. The van der Waals surface area contributed by atoms with Crippen LogP contribution in [0.5, 0.6) is 0 Å². The van der Waals surface area contributed by atoms with Crippen molar-refractivity contribution in [3.05, 3.63) is 78.0 Å². The van der Waals surface area contributed by atoms with Gasteiger partial charge < -0.3 is 4.57 Å². The number of hydrogen-bond acceptors (Lipinski definition) is 1. The van der Waals surface area contributed by atoms with Gasteiger partial charge in [-0.15, -0.1) is 0 Å². The predicted octanol–water partition coefficient (Wildman–Crippen LogP) is 4.29. The number of nitrogens with zero attached hydrogens (tertiary/aromatic N) is 1. The Morgan fingerprint density at radius 3 is 2.52 bits per heavy atom. The van der Waals surface area contributed by atoms with Crippen LogP contribution in [0.1, 0.15) is 18.2 Å². The fourth-order valence-corrected chi connectivity index (χ4v) is 2.51. The van der Waals surface area contributed by atoms with Crippen LogP contribution >= 0.6 is 0 Å². The Kier molecular flexibility index (Phi) is 3.69. The van der Waals surface area contributed by atoms with Crippen LogP contribution in [0.3, 0.4) is 0 Å². The summed E-state index contributed by atoms with van der Waals surface area (Å²) in [5.41, 5.74) is 3.48. The zero-order valence-corrected chi connectivity index (χ0v) is 12.0. The second kappa shape index (κ2) is 5.80. The zero-order chi connectivity index (χ0) is 14.7. The molecule has 0 unspecified atom stereocenters. The van der Waals surface area contributed by atoms with Crippen molar-refractivity contribution in [2.75, 3.05) is 0 Å². The maximum Gasteiger partial charge on any atom is 0.152 e. The van der Waals surface area contributed by atoms with Gasteiger partial charge in [-0.3, -0.25) is 4.79 Å². The standard InChI is InChI=1S/C19H17NO/c1-15(21)11-12-18-13-17-9-5-6-10-19(17)20(18)14-16-7-3-2-4-8-16/h2-13H,14H2,1H3/b12-11+. The molecule has 0 spiro atoms. The number of aromatic nitrogens is 1. The summed E-state index contributed by atoms with van der Waals surface area (Å²) in [5.74, 6) is 0.0616. The first kappa shape index (κ1) is 13.4. The summed E-state index contributed by atoms with van der Waals surface area (Å²) in [7, 11) is 0. The minimum atomic E-state index is 0.0616. The van der Waals surface area contributed by atoms with Crippen molar-refractivity contribution in [1.29, 1.82) is 0 Å². The van der Waals surface area contributed by atoms with Gasteiger partial charge in [-0.2, -0.15) is 0 Å². The minimum absolute atomic E-state index is 0.0616. The molecule has 2 heteroatoms. The lowest BCUT2D eigenvalue weighted by molar-refractivity contribution is -0.112. The third-order valence-electron chi connectivity index (χ3n) is 3.51. The fourth-order valence-electron chi connectivity index (χ4n) is 2.51. The summed E-state index contributed by atoms with van der Waals surface area (Å²) >= 11 is 0. The van der Waals surface area contributed by atoms with Crippen LogP contribution in [0, 0.1) is 0 Å². The smallest absolute Gasteiger partial charge is 0.152 e. The quantitative estimate of drug-likeness (QED) is 0.651. The van der Waals surface area contributed by atoms with E-state index in [2.05, 4.69) is 34.9 Å². The number of fused-ring (bicyclic) bond motifs is 1. The van der Waals surface area contributed by atoms with E-state index in [4.69, 9.17) is 0 Å². The highest BCUT2D eigenvalue weighted by Gasteiger charge is 2.07. The van der Waals surface area contributed by atoms with Crippen molar-refractivity contribution in [1.82, 2.24) is 4.57 Å². The summed E-state index contributed by atoms with van der Waals surface area (Å²) in [6.45, 7) is 2.37. The number of rotatable bonds is 4. The number of allylic oxidation sites excluding steroid dienone is 1. The normalized spacial score (nSPS) is 11.3. The van der Waals surface area contributed by atoms with Gasteiger partial charge in [0.2, 0.25) is 0 Å². The van der Waals surface area contributed by atoms with Gasteiger partial charge in [0.1, 0.15) is 0 Å². The molecule has 0 saturated heterocycles. The van der Waals surface area contributed by atoms with E-state index in [9.17, 15) is 4.79 Å². The number of ketones is 1. The average Bonchev–Trinajstić information content (AvgIpc) is 2.84. The molecular formula is C19H17NO. The topological polar surface area (TPSA) is 22.0 Å². The van der Waals surface area contributed by atoms with E-state index in [1.54, 1.807) is 13.0 Å². The number of carbonyl (C=O) groups excluding carboxylic acids is 1. The summed E-state index contributed by atoms with van der Waals surface area (Å²) < 4.78 is 2.24. The van der Waals surface area contributed by atoms with Crippen LogP contribution in [-0.2, 0) is 11.3 Å². The molecule has 0 radical (unpaired) electrons. The van der Waals surface area contributed by atoms with Crippen LogP contribution in [0.25, 0.3) is 17.0 Å². The Morgan fingerprint density at radius 1 is 1.05 bits per heavy atom. The summed E-state index contributed by atoms with van der Waals surface area (Å²) in [6, 6.07) is 20.8. The highest BCUT2D eigenvalue weighted by atomic mass is 16.1. The van der Waals surface area contributed by atoms with Crippen LogP contribution < -0.4 is 0 Å². The second-order valence-electron chi connectivity index (χ2n) is 5.14.